The number of rotatable bonds is 7. The van der Waals surface area contributed by atoms with Gasteiger partial charge < -0.3 is 9.47 Å². The molecule has 0 saturated carbocycles. The van der Waals surface area contributed by atoms with Crippen LogP contribution < -0.4 is 20.3 Å². The Morgan fingerprint density at radius 3 is 2.11 bits per heavy atom. The van der Waals surface area contributed by atoms with Crippen molar-refractivity contribution in [3.05, 3.63) is 58.6 Å². The highest BCUT2D eigenvalue weighted by atomic mass is 35.5. The van der Waals surface area contributed by atoms with E-state index in [1.807, 2.05) is 31.2 Å². The molecule has 27 heavy (non-hydrogen) atoms. The van der Waals surface area contributed by atoms with Gasteiger partial charge >= 0.3 is 0 Å². The van der Waals surface area contributed by atoms with E-state index in [1.165, 1.54) is 5.56 Å². The molecule has 144 valence electrons. The fourth-order valence-electron chi connectivity index (χ4n) is 2.23. The molecule has 0 atom stereocenters. The summed E-state index contributed by atoms with van der Waals surface area (Å²) in [6, 6.07) is 12.6. The monoisotopic (exact) mass is 390 g/mol. The molecule has 7 heteroatoms. The van der Waals surface area contributed by atoms with Crippen LogP contribution in [0.3, 0.4) is 0 Å². The van der Waals surface area contributed by atoms with Crippen molar-refractivity contribution < 1.29 is 19.1 Å². The van der Waals surface area contributed by atoms with Gasteiger partial charge in [-0.3, -0.25) is 20.4 Å². The first-order valence-corrected chi connectivity index (χ1v) is 8.92. The van der Waals surface area contributed by atoms with E-state index in [0.717, 1.165) is 5.56 Å². The van der Waals surface area contributed by atoms with E-state index in [-0.39, 0.29) is 13.2 Å². The molecule has 2 aromatic carbocycles. The second-order valence-electron chi connectivity index (χ2n) is 6.31. The summed E-state index contributed by atoms with van der Waals surface area (Å²) in [7, 11) is 0. The molecule has 0 fully saturated rings. The predicted octanol–water partition coefficient (Wildman–Crippen LogP) is 3.38. The highest BCUT2D eigenvalue weighted by Crippen LogP contribution is 2.21. The number of carbonyl (C=O) groups is 2. The van der Waals surface area contributed by atoms with E-state index in [0.29, 0.717) is 22.4 Å². The van der Waals surface area contributed by atoms with Crippen molar-refractivity contribution in [1.29, 1.82) is 0 Å². The highest BCUT2D eigenvalue weighted by Gasteiger charge is 2.08. The average molecular weight is 391 g/mol. The third kappa shape index (κ3) is 6.83. The van der Waals surface area contributed by atoms with Crippen molar-refractivity contribution in [3.8, 4) is 11.5 Å². The number of ether oxygens (including phenoxy) is 2. The number of nitrogens with one attached hydrogen (secondary N) is 2. The van der Waals surface area contributed by atoms with E-state index >= 15 is 0 Å². The van der Waals surface area contributed by atoms with Gasteiger partial charge in [0.1, 0.15) is 11.5 Å². The van der Waals surface area contributed by atoms with Crippen LogP contribution in [0.2, 0.25) is 5.02 Å². The molecule has 0 radical (unpaired) electrons. The fraction of sp³-hybridized carbons (Fsp3) is 0.300. The molecule has 2 rings (SSSR count). The first kappa shape index (κ1) is 20.6. The Bertz CT molecular complexity index is 791. The molecule has 0 aliphatic rings. The van der Waals surface area contributed by atoms with Gasteiger partial charge in [0.2, 0.25) is 0 Å². The van der Waals surface area contributed by atoms with Crippen LogP contribution in [0.4, 0.5) is 0 Å². The van der Waals surface area contributed by atoms with E-state index < -0.39 is 11.8 Å². The molecule has 0 saturated heterocycles. The van der Waals surface area contributed by atoms with Crippen LogP contribution in [0.5, 0.6) is 11.5 Å². The van der Waals surface area contributed by atoms with Crippen LogP contribution in [0.25, 0.3) is 0 Å². The fourth-order valence-corrected chi connectivity index (χ4v) is 2.45. The maximum Gasteiger partial charge on any atom is 0.276 e. The van der Waals surface area contributed by atoms with Gasteiger partial charge in [-0.1, -0.05) is 37.6 Å². The van der Waals surface area contributed by atoms with Crippen molar-refractivity contribution in [3.63, 3.8) is 0 Å². The van der Waals surface area contributed by atoms with Gasteiger partial charge in [-0.15, -0.1) is 0 Å². The average Bonchev–Trinajstić information content (AvgIpc) is 2.64. The second-order valence-corrected chi connectivity index (χ2v) is 6.74. The smallest absolute Gasteiger partial charge is 0.276 e. The van der Waals surface area contributed by atoms with Gasteiger partial charge in [0, 0.05) is 5.02 Å². The maximum absolute atomic E-state index is 11.8. The number of hydrogen-bond donors (Lipinski definition) is 2. The lowest BCUT2D eigenvalue weighted by Crippen LogP contribution is -2.45. The second kappa shape index (κ2) is 9.83. The molecular weight excluding hydrogens is 368 g/mol. The number of benzene rings is 2. The summed E-state index contributed by atoms with van der Waals surface area (Å²) in [6.07, 6.45) is 0. The third-order valence-electron chi connectivity index (χ3n) is 3.75. The third-order valence-corrected chi connectivity index (χ3v) is 3.99. The molecule has 2 aromatic rings. The maximum atomic E-state index is 11.8. The Balaban J connectivity index is 1.69. The number of amides is 2. The van der Waals surface area contributed by atoms with Crippen LogP contribution in [0, 0.1) is 6.92 Å². The van der Waals surface area contributed by atoms with Gasteiger partial charge in [0.15, 0.2) is 13.2 Å². The number of carbonyl (C=O) groups excluding carboxylic acids is 2. The Morgan fingerprint density at radius 1 is 0.963 bits per heavy atom. The summed E-state index contributed by atoms with van der Waals surface area (Å²) in [6.45, 7) is 5.58. The topological polar surface area (TPSA) is 76.7 Å². The van der Waals surface area contributed by atoms with Gasteiger partial charge in [0.05, 0.1) is 0 Å². The summed E-state index contributed by atoms with van der Waals surface area (Å²) < 4.78 is 10.8. The van der Waals surface area contributed by atoms with E-state index in [9.17, 15) is 9.59 Å². The quantitative estimate of drug-likeness (QED) is 0.710. The molecule has 2 amide bonds. The molecule has 6 nitrogen and oxygen atoms in total. The van der Waals surface area contributed by atoms with Crippen molar-refractivity contribution in [2.24, 2.45) is 0 Å². The lowest BCUT2D eigenvalue weighted by molar-refractivity contribution is -0.131. The molecular formula is C20H23ClN2O4. The van der Waals surface area contributed by atoms with Crippen LogP contribution in [-0.4, -0.2) is 25.0 Å². The van der Waals surface area contributed by atoms with Gasteiger partial charge in [-0.05, 0) is 54.3 Å². The molecule has 2 N–H and O–H groups in total. The highest BCUT2D eigenvalue weighted by molar-refractivity contribution is 6.30. The summed E-state index contributed by atoms with van der Waals surface area (Å²) in [5.74, 6) is 0.603. The summed E-state index contributed by atoms with van der Waals surface area (Å²) in [5.41, 5.74) is 6.56. The summed E-state index contributed by atoms with van der Waals surface area (Å²) in [5, 5.41) is 0.593. The molecule has 0 unspecified atom stereocenters. The minimum atomic E-state index is -0.487. The molecule has 0 aliphatic carbocycles. The number of hydrogen-bond acceptors (Lipinski definition) is 4. The lowest BCUT2D eigenvalue weighted by Gasteiger charge is -2.11. The standard InChI is InChI=1S/C20H23ClN2O4/c1-13(2)15-4-7-17(8-5-15)26-11-19(24)22-23-20(25)12-27-18-9-6-16(21)10-14(18)3/h4-10,13H,11-12H2,1-3H3,(H,22,24)(H,23,25). The number of halogens is 1. The molecule has 0 spiro atoms. The van der Waals surface area contributed by atoms with E-state index in [1.54, 1.807) is 18.2 Å². The van der Waals surface area contributed by atoms with Gasteiger partial charge in [-0.25, -0.2) is 0 Å². The molecule has 0 bridgehead atoms. The van der Waals surface area contributed by atoms with Crippen LogP contribution in [-0.2, 0) is 9.59 Å². The summed E-state index contributed by atoms with van der Waals surface area (Å²) in [4.78, 5) is 23.5. The zero-order valence-corrected chi connectivity index (χ0v) is 16.3. The Morgan fingerprint density at radius 2 is 1.56 bits per heavy atom. The van der Waals surface area contributed by atoms with Crippen molar-refractivity contribution in [2.75, 3.05) is 13.2 Å². The molecule has 0 heterocycles. The first-order valence-electron chi connectivity index (χ1n) is 8.54. The van der Waals surface area contributed by atoms with Crippen LogP contribution in [0.15, 0.2) is 42.5 Å². The Hall–Kier alpha value is -2.73. The molecule has 0 aromatic heterocycles. The van der Waals surface area contributed by atoms with E-state index in [2.05, 4.69) is 24.7 Å². The van der Waals surface area contributed by atoms with Gasteiger partial charge in [0.25, 0.3) is 11.8 Å². The molecule has 0 aliphatic heterocycles. The minimum Gasteiger partial charge on any atom is -0.484 e. The largest absolute Gasteiger partial charge is 0.484 e. The first-order chi connectivity index (χ1) is 12.8. The van der Waals surface area contributed by atoms with E-state index in [4.69, 9.17) is 21.1 Å². The van der Waals surface area contributed by atoms with Crippen molar-refractivity contribution >= 4 is 23.4 Å². The predicted molar refractivity (Wildman–Crippen MR) is 104 cm³/mol. The zero-order valence-electron chi connectivity index (χ0n) is 15.5. The zero-order chi connectivity index (χ0) is 19.8. The van der Waals surface area contributed by atoms with Crippen LogP contribution in [0.1, 0.15) is 30.9 Å². The lowest BCUT2D eigenvalue weighted by atomic mass is 10.0. The summed E-state index contributed by atoms with van der Waals surface area (Å²) >= 11 is 5.87. The van der Waals surface area contributed by atoms with Crippen molar-refractivity contribution in [2.45, 2.75) is 26.7 Å². The Labute approximate surface area is 163 Å². The van der Waals surface area contributed by atoms with Crippen LogP contribution >= 0.6 is 11.6 Å². The minimum absolute atomic E-state index is 0.210. The normalized spacial score (nSPS) is 10.4. The SMILES string of the molecule is Cc1cc(Cl)ccc1OCC(=O)NNC(=O)COc1ccc(C(C)C)cc1. The Kier molecular flexibility index (Phi) is 7.49. The number of aryl methyl sites for hydroxylation is 1. The van der Waals surface area contributed by atoms with Gasteiger partial charge in [-0.2, -0.15) is 0 Å². The number of hydrazine groups is 1. The van der Waals surface area contributed by atoms with Crippen molar-refractivity contribution in [1.82, 2.24) is 10.9 Å².